The molecule has 0 heterocycles. The summed E-state index contributed by atoms with van der Waals surface area (Å²) in [4.78, 5) is 0. The smallest absolute Gasteiger partial charge is 0.372 e. The van der Waals surface area contributed by atoms with Crippen molar-refractivity contribution in [2.45, 2.75) is 38.4 Å². The zero-order valence-corrected chi connectivity index (χ0v) is 10.2. The van der Waals surface area contributed by atoms with E-state index < -0.39 is 12.8 Å². The molecule has 16 heavy (non-hydrogen) atoms. The third-order valence-electron chi connectivity index (χ3n) is 2.11. The molecule has 1 N–H and O–H groups in total. The molecular weight excluding hydrogens is 243 g/mol. The average molecular weight is 262 g/mol. The summed E-state index contributed by atoms with van der Waals surface area (Å²) in [6.07, 6.45) is -1.80. The zero-order valence-electron chi connectivity index (χ0n) is 9.45. The van der Waals surface area contributed by atoms with Gasteiger partial charge in [-0.3, -0.25) is 0 Å². The summed E-state index contributed by atoms with van der Waals surface area (Å²) in [6.45, 7) is 1.67. The van der Waals surface area contributed by atoms with Crippen LogP contribution in [0.4, 0.5) is 13.2 Å². The van der Waals surface area contributed by atoms with Gasteiger partial charge in [-0.1, -0.05) is 6.92 Å². The molecule has 0 aliphatic heterocycles. The van der Waals surface area contributed by atoms with E-state index >= 15 is 0 Å². The molecule has 0 amide bonds. The SMILES string of the molecule is CCC(CCCl)NCCCOCC(F)(F)F. The van der Waals surface area contributed by atoms with Gasteiger partial charge in [0.2, 0.25) is 0 Å². The van der Waals surface area contributed by atoms with Crippen molar-refractivity contribution in [1.29, 1.82) is 0 Å². The Kier molecular flexibility index (Phi) is 9.07. The third-order valence-corrected chi connectivity index (χ3v) is 2.33. The number of halogens is 4. The lowest BCUT2D eigenvalue weighted by Gasteiger charge is -2.15. The fourth-order valence-corrected chi connectivity index (χ4v) is 1.51. The van der Waals surface area contributed by atoms with Crippen LogP contribution in [-0.2, 0) is 4.74 Å². The Morgan fingerprint density at radius 2 is 2.06 bits per heavy atom. The van der Waals surface area contributed by atoms with Crippen molar-refractivity contribution in [3.8, 4) is 0 Å². The highest BCUT2D eigenvalue weighted by atomic mass is 35.5. The molecule has 2 nitrogen and oxygen atoms in total. The Balaban J connectivity index is 3.32. The van der Waals surface area contributed by atoms with Crippen molar-refractivity contribution in [3.05, 3.63) is 0 Å². The molecule has 1 unspecified atom stereocenters. The van der Waals surface area contributed by atoms with Crippen LogP contribution in [0.3, 0.4) is 0 Å². The van der Waals surface area contributed by atoms with Crippen LogP contribution < -0.4 is 5.32 Å². The van der Waals surface area contributed by atoms with Gasteiger partial charge in [0.25, 0.3) is 0 Å². The zero-order chi connectivity index (χ0) is 12.4. The van der Waals surface area contributed by atoms with E-state index in [1.165, 1.54) is 0 Å². The Morgan fingerprint density at radius 1 is 1.38 bits per heavy atom. The van der Waals surface area contributed by atoms with Gasteiger partial charge in [0, 0.05) is 18.5 Å². The predicted molar refractivity (Wildman–Crippen MR) is 58.9 cm³/mol. The summed E-state index contributed by atoms with van der Waals surface area (Å²) in [6, 6.07) is 0.347. The molecule has 0 radical (unpaired) electrons. The van der Waals surface area contributed by atoms with Crippen molar-refractivity contribution in [1.82, 2.24) is 5.32 Å². The van der Waals surface area contributed by atoms with Gasteiger partial charge in [0.15, 0.2) is 0 Å². The number of hydrogen-bond acceptors (Lipinski definition) is 2. The van der Waals surface area contributed by atoms with Crippen molar-refractivity contribution >= 4 is 11.6 Å². The fraction of sp³-hybridized carbons (Fsp3) is 1.00. The molecule has 0 aromatic heterocycles. The van der Waals surface area contributed by atoms with Gasteiger partial charge >= 0.3 is 6.18 Å². The van der Waals surface area contributed by atoms with Gasteiger partial charge < -0.3 is 10.1 Å². The second kappa shape index (κ2) is 9.07. The summed E-state index contributed by atoms with van der Waals surface area (Å²) >= 11 is 5.60. The van der Waals surface area contributed by atoms with E-state index in [1.807, 2.05) is 6.92 Å². The number of hydrogen-bond donors (Lipinski definition) is 1. The predicted octanol–water partition coefficient (Wildman–Crippen LogP) is 2.95. The molecule has 0 saturated heterocycles. The Hall–Kier alpha value is -0.0000000000000000555. The first-order valence-corrected chi connectivity index (χ1v) is 5.97. The number of alkyl halides is 4. The second-order valence-electron chi connectivity index (χ2n) is 3.56. The molecule has 0 rings (SSSR count). The Bertz CT molecular complexity index is 167. The van der Waals surface area contributed by atoms with E-state index in [0.29, 0.717) is 24.9 Å². The first kappa shape index (κ1) is 16.0. The van der Waals surface area contributed by atoms with E-state index in [2.05, 4.69) is 10.1 Å². The van der Waals surface area contributed by atoms with E-state index in [9.17, 15) is 13.2 Å². The molecule has 0 aliphatic rings. The van der Waals surface area contributed by atoms with E-state index in [0.717, 1.165) is 12.8 Å². The first-order valence-electron chi connectivity index (χ1n) is 5.43. The van der Waals surface area contributed by atoms with Crippen LogP contribution in [0.5, 0.6) is 0 Å². The van der Waals surface area contributed by atoms with Gasteiger partial charge in [-0.05, 0) is 25.8 Å². The lowest BCUT2D eigenvalue weighted by Crippen LogP contribution is -2.30. The summed E-state index contributed by atoms with van der Waals surface area (Å²) in [7, 11) is 0. The lowest BCUT2D eigenvalue weighted by atomic mass is 10.2. The van der Waals surface area contributed by atoms with Crippen LogP contribution in [0.2, 0.25) is 0 Å². The van der Waals surface area contributed by atoms with Crippen LogP contribution >= 0.6 is 11.6 Å². The molecule has 0 aromatic rings. The number of nitrogens with one attached hydrogen (secondary N) is 1. The minimum atomic E-state index is -4.22. The number of rotatable bonds is 9. The summed E-state index contributed by atoms with van der Waals surface area (Å²) in [5.41, 5.74) is 0. The third kappa shape index (κ3) is 10.5. The average Bonchev–Trinajstić information content (AvgIpc) is 2.20. The van der Waals surface area contributed by atoms with Gasteiger partial charge in [0.1, 0.15) is 6.61 Å². The van der Waals surface area contributed by atoms with Crippen LogP contribution in [0, 0.1) is 0 Å². The minimum absolute atomic E-state index is 0.129. The normalized spacial score (nSPS) is 14.1. The molecular formula is C10H19ClF3NO. The molecule has 0 aliphatic carbocycles. The van der Waals surface area contributed by atoms with Gasteiger partial charge in [0.05, 0.1) is 0 Å². The highest BCUT2D eigenvalue weighted by molar-refractivity contribution is 6.17. The minimum Gasteiger partial charge on any atom is -0.372 e. The molecule has 0 saturated carbocycles. The van der Waals surface area contributed by atoms with Crippen LogP contribution in [0.25, 0.3) is 0 Å². The quantitative estimate of drug-likeness (QED) is 0.509. The Morgan fingerprint density at radius 3 is 2.56 bits per heavy atom. The van der Waals surface area contributed by atoms with Crippen molar-refractivity contribution in [2.24, 2.45) is 0 Å². The summed E-state index contributed by atoms with van der Waals surface area (Å²) in [5.74, 6) is 0.593. The standard InChI is InChI=1S/C10H19ClF3NO/c1-2-9(4-5-11)15-6-3-7-16-8-10(12,13)14/h9,15H,2-8H2,1H3. The van der Waals surface area contributed by atoms with Gasteiger partial charge in [-0.15, -0.1) is 11.6 Å². The van der Waals surface area contributed by atoms with E-state index in [-0.39, 0.29) is 6.61 Å². The molecule has 0 aromatic carbocycles. The van der Waals surface area contributed by atoms with Crippen LogP contribution in [-0.4, -0.2) is 37.9 Å². The maximum absolute atomic E-state index is 11.7. The molecule has 0 fully saturated rings. The van der Waals surface area contributed by atoms with Crippen LogP contribution in [0.15, 0.2) is 0 Å². The van der Waals surface area contributed by atoms with E-state index in [1.54, 1.807) is 0 Å². The highest BCUT2D eigenvalue weighted by Crippen LogP contribution is 2.14. The monoisotopic (exact) mass is 261 g/mol. The molecule has 1 atom stereocenters. The second-order valence-corrected chi connectivity index (χ2v) is 3.94. The maximum atomic E-state index is 11.7. The molecule has 6 heteroatoms. The topological polar surface area (TPSA) is 21.3 Å². The lowest BCUT2D eigenvalue weighted by molar-refractivity contribution is -0.173. The number of ether oxygens (including phenoxy) is 1. The van der Waals surface area contributed by atoms with Gasteiger partial charge in [-0.25, -0.2) is 0 Å². The van der Waals surface area contributed by atoms with Gasteiger partial charge in [-0.2, -0.15) is 13.2 Å². The van der Waals surface area contributed by atoms with Crippen LogP contribution in [0.1, 0.15) is 26.2 Å². The molecule has 0 bridgehead atoms. The molecule has 98 valence electrons. The Labute approximate surface area is 99.5 Å². The van der Waals surface area contributed by atoms with Crippen molar-refractivity contribution in [3.63, 3.8) is 0 Å². The summed E-state index contributed by atoms with van der Waals surface area (Å²) in [5, 5.41) is 3.22. The fourth-order valence-electron chi connectivity index (χ4n) is 1.25. The van der Waals surface area contributed by atoms with Crippen molar-refractivity contribution < 1.29 is 17.9 Å². The highest BCUT2D eigenvalue weighted by Gasteiger charge is 2.27. The summed E-state index contributed by atoms with van der Waals surface area (Å²) < 4.78 is 39.6. The van der Waals surface area contributed by atoms with Crippen molar-refractivity contribution in [2.75, 3.05) is 25.6 Å². The van der Waals surface area contributed by atoms with E-state index in [4.69, 9.17) is 11.6 Å². The largest absolute Gasteiger partial charge is 0.411 e. The first-order chi connectivity index (χ1) is 7.49. The maximum Gasteiger partial charge on any atom is 0.411 e. The molecule has 0 spiro atoms.